The lowest BCUT2D eigenvalue weighted by molar-refractivity contribution is -0.722. The van der Waals surface area contributed by atoms with Crippen molar-refractivity contribution in [2.45, 2.75) is 43.0 Å². The van der Waals surface area contributed by atoms with Crippen LogP contribution in [-0.2, 0) is 30.3 Å². The van der Waals surface area contributed by atoms with E-state index in [4.69, 9.17) is 19.1 Å². The Morgan fingerprint density at radius 1 is 0.568 bits per heavy atom. The van der Waals surface area contributed by atoms with Crippen molar-refractivity contribution in [1.29, 1.82) is 0 Å². The lowest BCUT2D eigenvalue weighted by atomic mass is 9.72. The lowest BCUT2D eigenvalue weighted by Gasteiger charge is -2.47. The lowest BCUT2D eigenvalue weighted by Crippen LogP contribution is -2.57. The molecule has 37 heavy (non-hydrogen) atoms. The minimum Gasteiger partial charge on any atom is -0.722 e. The third kappa shape index (κ3) is 4.29. The van der Waals surface area contributed by atoms with Gasteiger partial charge in [0.2, 0.25) is 0 Å². The standard InChI is InChI=1S/C32H32O5/c1-30(2)35-28(31(34-3,24-16-8-4-9-17-24)25-18-10-5-11-19-25)29(36-30)32(37-33,26-20-12-6-13-21-26)27-22-14-7-15-23-27/h4-23,28-29,33H,1-3H3/p-1/t28-,29-/m1/s1. The highest BCUT2D eigenvalue weighted by Crippen LogP contribution is 2.52. The molecule has 5 nitrogen and oxygen atoms in total. The summed E-state index contributed by atoms with van der Waals surface area (Å²) in [6, 6.07) is 38.7. The fourth-order valence-corrected chi connectivity index (χ4v) is 5.58. The smallest absolute Gasteiger partial charge is 0.164 e. The van der Waals surface area contributed by atoms with Crippen LogP contribution in [0.4, 0.5) is 0 Å². The van der Waals surface area contributed by atoms with Gasteiger partial charge in [-0.05, 0) is 36.1 Å². The van der Waals surface area contributed by atoms with Crippen molar-refractivity contribution >= 4 is 0 Å². The molecule has 0 amide bonds. The summed E-state index contributed by atoms with van der Waals surface area (Å²) in [4.78, 5) is 5.32. The molecule has 1 aliphatic rings. The van der Waals surface area contributed by atoms with E-state index in [0.717, 1.165) is 11.1 Å². The van der Waals surface area contributed by atoms with Crippen LogP contribution in [0.15, 0.2) is 121 Å². The molecule has 1 aliphatic heterocycles. The maximum absolute atomic E-state index is 13.1. The molecular formula is C32H31O5-. The Balaban J connectivity index is 1.81. The van der Waals surface area contributed by atoms with Crippen molar-refractivity contribution in [2.24, 2.45) is 0 Å². The van der Waals surface area contributed by atoms with Crippen LogP contribution in [0.2, 0.25) is 0 Å². The van der Waals surface area contributed by atoms with Crippen molar-refractivity contribution in [3.63, 3.8) is 0 Å². The van der Waals surface area contributed by atoms with E-state index in [-0.39, 0.29) is 0 Å². The molecule has 0 bridgehead atoms. The molecular weight excluding hydrogens is 464 g/mol. The van der Waals surface area contributed by atoms with E-state index in [1.54, 1.807) is 7.11 Å². The molecule has 1 saturated heterocycles. The van der Waals surface area contributed by atoms with Crippen molar-refractivity contribution < 1.29 is 24.4 Å². The molecule has 0 aromatic heterocycles. The first kappa shape index (κ1) is 25.3. The summed E-state index contributed by atoms with van der Waals surface area (Å²) >= 11 is 0. The highest BCUT2D eigenvalue weighted by molar-refractivity contribution is 5.44. The maximum atomic E-state index is 13.1. The van der Waals surface area contributed by atoms with Gasteiger partial charge in [0.15, 0.2) is 5.79 Å². The first-order valence-electron chi connectivity index (χ1n) is 12.4. The van der Waals surface area contributed by atoms with Crippen LogP contribution in [0, 0.1) is 0 Å². The van der Waals surface area contributed by atoms with Gasteiger partial charge >= 0.3 is 0 Å². The van der Waals surface area contributed by atoms with Crippen molar-refractivity contribution in [2.75, 3.05) is 7.11 Å². The molecule has 5 rings (SSSR count). The molecule has 4 aromatic carbocycles. The van der Waals surface area contributed by atoms with Crippen LogP contribution >= 0.6 is 0 Å². The number of hydrogen-bond donors (Lipinski definition) is 0. The third-order valence-corrected chi connectivity index (χ3v) is 7.16. The Morgan fingerprint density at radius 3 is 1.16 bits per heavy atom. The summed E-state index contributed by atoms with van der Waals surface area (Å²) in [6.45, 7) is 3.70. The summed E-state index contributed by atoms with van der Waals surface area (Å²) in [7, 11) is 1.66. The Kier molecular flexibility index (Phi) is 6.99. The second kappa shape index (κ2) is 10.2. The fourth-order valence-electron chi connectivity index (χ4n) is 5.58. The zero-order valence-electron chi connectivity index (χ0n) is 21.2. The Hall–Kier alpha value is -3.32. The minimum absolute atomic E-state index is 0.665. The molecule has 2 atom stereocenters. The van der Waals surface area contributed by atoms with Crippen LogP contribution in [0.25, 0.3) is 0 Å². The van der Waals surface area contributed by atoms with E-state index in [1.165, 1.54) is 0 Å². The summed E-state index contributed by atoms with van der Waals surface area (Å²) in [5.74, 6) is -1.03. The van der Waals surface area contributed by atoms with Gasteiger partial charge in [0.1, 0.15) is 23.4 Å². The van der Waals surface area contributed by atoms with Gasteiger partial charge in [0.25, 0.3) is 0 Å². The highest BCUT2D eigenvalue weighted by Gasteiger charge is 2.62. The van der Waals surface area contributed by atoms with Crippen LogP contribution in [0.1, 0.15) is 36.1 Å². The van der Waals surface area contributed by atoms with Crippen LogP contribution in [-0.4, -0.2) is 25.1 Å². The number of benzene rings is 4. The molecule has 0 N–H and O–H groups in total. The van der Waals surface area contributed by atoms with E-state index < -0.39 is 29.2 Å². The quantitative estimate of drug-likeness (QED) is 0.244. The zero-order chi connectivity index (χ0) is 25.9. The van der Waals surface area contributed by atoms with Gasteiger partial charge in [-0.1, -0.05) is 121 Å². The second-order valence-corrected chi connectivity index (χ2v) is 9.70. The molecule has 0 spiro atoms. The topological polar surface area (TPSA) is 60.0 Å². The Bertz CT molecular complexity index is 1100. The maximum Gasteiger partial charge on any atom is 0.164 e. The van der Waals surface area contributed by atoms with Gasteiger partial charge in [0.05, 0.1) is 0 Å². The van der Waals surface area contributed by atoms with Crippen LogP contribution in [0.5, 0.6) is 0 Å². The van der Waals surface area contributed by atoms with E-state index in [0.29, 0.717) is 11.1 Å². The second-order valence-electron chi connectivity index (χ2n) is 9.70. The minimum atomic E-state index is -1.53. The van der Waals surface area contributed by atoms with Gasteiger partial charge in [-0.3, -0.25) is 0 Å². The number of methoxy groups -OCH3 is 1. The summed E-state index contributed by atoms with van der Waals surface area (Å²) in [5, 5.41) is 13.1. The van der Waals surface area contributed by atoms with Crippen molar-refractivity contribution in [3.05, 3.63) is 144 Å². The normalized spacial score (nSPS) is 19.6. The molecule has 0 aliphatic carbocycles. The highest BCUT2D eigenvalue weighted by atomic mass is 17.1. The van der Waals surface area contributed by atoms with E-state index in [9.17, 15) is 5.26 Å². The van der Waals surface area contributed by atoms with Gasteiger partial charge in [0, 0.05) is 7.11 Å². The SMILES string of the molecule is COC(c1ccccc1)(c1ccccc1)[C@@H]1OC(C)(C)O[C@H]1C(O[O-])(c1ccccc1)c1ccccc1. The number of ether oxygens (including phenoxy) is 3. The zero-order valence-corrected chi connectivity index (χ0v) is 21.2. The third-order valence-electron chi connectivity index (χ3n) is 7.16. The number of rotatable bonds is 8. The van der Waals surface area contributed by atoms with E-state index in [1.807, 2.05) is 135 Å². The van der Waals surface area contributed by atoms with E-state index >= 15 is 0 Å². The first-order chi connectivity index (χ1) is 18.0. The average Bonchev–Trinajstić information content (AvgIpc) is 3.28. The first-order valence-corrected chi connectivity index (χ1v) is 12.4. The molecule has 0 unspecified atom stereocenters. The van der Waals surface area contributed by atoms with Gasteiger partial charge < -0.3 is 24.4 Å². The predicted octanol–water partition coefficient (Wildman–Crippen LogP) is 5.33. The van der Waals surface area contributed by atoms with Crippen molar-refractivity contribution in [3.8, 4) is 0 Å². The fraction of sp³-hybridized carbons (Fsp3) is 0.250. The molecule has 4 aromatic rings. The van der Waals surface area contributed by atoms with Gasteiger partial charge in [-0.15, -0.1) is 0 Å². The average molecular weight is 496 g/mol. The molecule has 0 radical (unpaired) electrons. The van der Waals surface area contributed by atoms with Crippen LogP contribution < -0.4 is 5.26 Å². The summed E-state index contributed by atoms with van der Waals surface area (Å²) in [6.07, 6.45) is -1.66. The summed E-state index contributed by atoms with van der Waals surface area (Å²) in [5.41, 5.74) is 0.432. The van der Waals surface area contributed by atoms with Gasteiger partial charge in [-0.2, -0.15) is 0 Å². The van der Waals surface area contributed by atoms with E-state index in [2.05, 4.69) is 0 Å². The molecule has 5 heteroatoms. The van der Waals surface area contributed by atoms with Gasteiger partial charge in [-0.25, -0.2) is 0 Å². The molecule has 1 heterocycles. The largest absolute Gasteiger partial charge is 0.722 e. The van der Waals surface area contributed by atoms with Crippen LogP contribution in [0.3, 0.4) is 0 Å². The Morgan fingerprint density at radius 2 is 0.865 bits per heavy atom. The summed E-state index contributed by atoms with van der Waals surface area (Å²) < 4.78 is 19.8. The number of hydrogen-bond acceptors (Lipinski definition) is 5. The van der Waals surface area contributed by atoms with Crippen molar-refractivity contribution in [1.82, 2.24) is 0 Å². The predicted molar refractivity (Wildman–Crippen MR) is 139 cm³/mol. The molecule has 0 saturated carbocycles. The monoisotopic (exact) mass is 495 g/mol. The Labute approximate surface area is 218 Å². The molecule has 190 valence electrons. The molecule has 1 fully saturated rings.